The van der Waals surface area contributed by atoms with E-state index in [4.69, 9.17) is 0 Å². The van der Waals surface area contributed by atoms with Gasteiger partial charge in [0.15, 0.2) is 0 Å². The van der Waals surface area contributed by atoms with Crippen molar-refractivity contribution in [3.05, 3.63) is 0 Å². The van der Waals surface area contributed by atoms with Crippen LogP contribution in [0, 0.1) is 5.92 Å². The number of carbonyl (C=O) groups excluding carboxylic acids is 2. The van der Waals surface area contributed by atoms with Gasteiger partial charge in [-0.1, -0.05) is 0 Å². The molecular weight excluding hydrogens is 148 g/mol. The highest BCUT2D eigenvalue weighted by molar-refractivity contribution is 7.98. The lowest BCUT2D eigenvalue weighted by Crippen LogP contribution is -2.21. The number of carbonyl (C=O) groups is 2. The average molecular weight is 160 g/mol. The van der Waals surface area contributed by atoms with Crippen LogP contribution < -0.4 is 0 Å². The molecule has 0 aromatic rings. The van der Waals surface area contributed by atoms with Gasteiger partial charge in [0, 0.05) is 5.75 Å². The number of ketones is 2. The molecule has 0 amide bonds. The van der Waals surface area contributed by atoms with Crippen molar-refractivity contribution < 1.29 is 9.59 Å². The molecule has 58 valence electrons. The highest BCUT2D eigenvalue weighted by atomic mass is 32.2. The van der Waals surface area contributed by atoms with E-state index in [-0.39, 0.29) is 17.5 Å². The summed E-state index contributed by atoms with van der Waals surface area (Å²) in [4.78, 5) is 21.5. The Morgan fingerprint density at radius 2 is 1.70 bits per heavy atom. The van der Waals surface area contributed by atoms with Crippen LogP contribution in [0.1, 0.15) is 13.8 Å². The summed E-state index contributed by atoms with van der Waals surface area (Å²) in [6.07, 6.45) is 1.89. The highest BCUT2D eigenvalue weighted by Gasteiger charge is 2.17. The minimum absolute atomic E-state index is 0.0261. The minimum Gasteiger partial charge on any atom is -0.299 e. The van der Waals surface area contributed by atoms with Gasteiger partial charge >= 0.3 is 0 Å². The van der Waals surface area contributed by atoms with Gasteiger partial charge in [-0.05, 0) is 20.1 Å². The summed E-state index contributed by atoms with van der Waals surface area (Å²) in [5, 5.41) is 0. The first-order valence-corrected chi connectivity index (χ1v) is 4.48. The summed E-state index contributed by atoms with van der Waals surface area (Å²) in [6.45, 7) is 2.92. The lowest BCUT2D eigenvalue weighted by Gasteiger charge is -2.06. The van der Waals surface area contributed by atoms with Crippen molar-refractivity contribution >= 4 is 23.3 Å². The summed E-state index contributed by atoms with van der Waals surface area (Å²) in [5.74, 6) is 0.184. The molecule has 0 saturated heterocycles. The number of thioether (sulfide) groups is 1. The Morgan fingerprint density at radius 3 is 1.80 bits per heavy atom. The van der Waals surface area contributed by atoms with Crippen molar-refractivity contribution in [2.75, 3.05) is 12.0 Å². The Hall–Kier alpha value is -0.310. The first-order valence-electron chi connectivity index (χ1n) is 3.09. The van der Waals surface area contributed by atoms with Crippen LogP contribution in [0.3, 0.4) is 0 Å². The van der Waals surface area contributed by atoms with Gasteiger partial charge < -0.3 is 0 Å². The second-order valence-corrected chi connectivity index (χ2v) is 3.14. The van der Waals surface area contributed by atoms with Crippen LogP contribution in [0.2, 0.25) is 0 Å². The fourth-order valence-corrected chi connectivity index (χ4v) is 1.49. The van der Waals surface area contributed by atoms with Crippen molar-refractivity contribution in [2.45, 2.75) is 13.8 Å². The number of Topliss-reactive ketones (excluding diaryl/α,β-unsaturated/α-hetero) is 2. The molecule has 0 aliphatic heterocycles. The van der Waals surface area contributed by atoms with Gasteiger partial charge in [-0.25, -0.2) is 0 Å². The quantitative estimate of drug-likeness (QED) is 0.578. The summed E-state index contributed by atoms with van der Waals surface area (Å²) < 4.78 is 0. The Labute approximate surface area is 65.4 Å². The molecule has 0 aromatic heterocycles. The Balaban J connectivity index is 3.98. The lowest BCUT2D eigenvalue weighted by atomic mass is 10.0. The zero-order valence-electron chi connectivity index (χ0n) is 6.51. The molecule has 0 N–H and O–H groups in total. The van der Waals surface area contributed by atoms with Crippen LogP contribution in [0.25, 0.3) is 0 Å². The smallest absolute Gasteiger partial charge is 0.141 e. The molecule has 0 unspecified atom stereocenters. The third kappa shape index (κ3) is 3.01. The standard InChI is InChI=1S/C7H12O2S/c1-5(8)7(4-10-3)6(2)9/h7H,4H2,1-3H3. The van der Waals surface area contributed by atoms with E-state index in [9.17, 15) is 9.59 Å². The fraction of sp³-hybridized carbons (Fsp3) is 0.714. The van der Waals surface area contributed by atoms with Crippen molar-refractivity contribution in [3.8, 4) is 0 Å². The van der Waals surface area contributed by atoms with Gasteiger partial charge in [-0.3, -0.25) is 9.59 Å². The summed E-state index contributed by atoms with van der Waals surface area (Å²) >= 11 is 1.52. The van der Waals surface area contributed by atoms with Gasteiger partial charge in [0.05, 0.1) is 5.92 Å². The Kier molecular flexibility index (Phi) is 4.36. The van der Waals surface area contributed by atoms with Gasteiger partial charge in [0.25, 0.3) is 0 Å². The van der Waals surface area contributed by atoms with Crippen LogP contribution in [-0.2, 0) is 9.59 Å². The molecule has 0 spiro atoms. The van der Waals surface area contributed by atoms with Gasteiger partial charge in [0.2, 0.25) is 0 Å². The second-order valence-electron chi connectivity index (χ2n) is 2.23. The maximum atomic E-state index is 10.7. The molecule has 0 saturated carbocycles. The highest BCUT2D eigenvalue weighted by Crippen LogP contribution is 2.07. The molecule has 2 nitrogen and oxygen atoms in total. The molecular formula is C7H12O2S. The zero-order chi connectivity index (χ0) is 8.15. The van der Waals surface area contributed by atoms with Crippen LogP contribution in [0.5, 0.6) is 0 Å². The van der Waals surface area contributed by atoms with E-state index in [1.54, 1.807) is 0 Å². The third-order valence-corrected chi connectivity index (χ3v) is 1.98. The molecule has 0 rings (SSSR count). The van der Waals surface area contributed by atoms with E-state index >= 15 is 0 Å². The monoisotopic (exact) mass is 160 g/mol. The van der Waals surface area contributed by atoms with Gasteiger partial charge in [-0.2, -0.15) is 11.8 Å². The van der Waals surface area contributed by atoms with E-state index < -0.39 is 0 Å². The molecule has 0 aliphatic rings. The molecule has 3 heteroatoms. The molecule has 0 fully saturated rings. The fourth-order valence-electron chi connectivity index (χ4n) is 0.688. The maximum Gasteiger partial charge on any atom is 0.141 e. The molecule has 0 heterocycles. The normalized spacial score (nSPS) is 10.0. The van der Waals surface area contributed by atoms with E-state index in [2.05, 4.69) is 0 Å². The van der Waals surface area contributed by atoms with Crippen LogP contribution in [-0.4, -0.2) is 23.6 Å². The van der Waals surface area contributed by atoms with Crippen molar-refractivity contribution in [1.29, 1.82) is 0 Å². The minimum atomic E-state index is -0.380. The van der Waals surface area contributed by atoms with Crippen molar-refractivity contribution in [1.82, 2.24) is 0 Å². The van der Waals surface area contributed by atoms with Gasteiger partial charge in [0.1, 0.15) is 11.6 Å². The molecule has 0 aliphatic carbocycles. The SMILES string of the molecule is CSCC(C(C)=O)C(C)=O. The largest absolute Gasteiger partial charge is 0.299 e. The number of rotatable bonds is 4. The molecule has 0 aromatic carbocycles. The van der Waals surface area contributed by atoms with Crippen LogP contribution in [0.15, 0.2) is 0 Å². The van der Waals surface area contributed by atoms with E-state index in [0.717, 1.165) is 0 Å². The van der Waals surface area contributed by atoms with Crippen molar-refractivity contribution in [3.63, 3.8) is 0 Å². The Morgan fingerprint density at radius 1 is 1.30 bits per heavy atom. The summed E-state index contributed by atoms with van der Waals surface area (Å²) in [7, 11) is 0. The topological polar surface area (TPSA) is 34.1 Å². The number of hydrogen-bond donors (Lipinski definition) is 0. The average Bonchev–Trinajstić information content (AvgIpc) is 1.81. The molecule has 0 atom stereocenters. The molecule has 0 bridgehead atoms. The summed E-state index contributed by atoms with van der Waals surface area (Å²) in [5.41, 5.74) is 0. The van der Waals surface area contributed by atoms with Gasteiger partial charge in [-0.15, -0.1) is 0 Å². The zero-order valence-corrected chi connectivity index (χ0v) is 7.33. The van der Waals surface area contributed by atoms with E-state index in [1.807, 2.05) is 6.26 Å². The van der Waals surface area contributed by atoms with E-state index in [0.29, 0.717) is 5.75 Å². The lowest BCUT2D eigenvalue weighted by molar-refractivity contribution is -0.129. The van der Waals surface area contributed by atoms with Crippen LogP contribution in [0.4, 0.5) is 0 Å². The Bertz CT molecular complexity index is 129. The van der Waals surface area contributed by atoms with E-state index in [1.165, 1.54) is 25.6 Å². The molecule has 10 heavy (non-hydrogen) atoms. The summed E-state index contributed by atoms with van der Waals surface area (Å²) in [6, 6.07) is 0. The third-order valence-electron chi connectivity index (χ3n) is 1.31. The second kappa shape index (κ2) is 4.50. The maximum absolute atomic E-state index is 10.7. The predicted octanol–water partition coefficient (Wildman–Crippen LogP) is 1.14. The van der Waals surface area contributed by atoms with Crippen molar-refractivity contribution in [2.24, 2.45) is 5.92 Å². The number of hydrogen-bond acceptors (Lipinski definition) is 3. The first kappa shape index (κ1) is 9.69. The molecule has 0 radical (unpaired) electrons. The predicted molar refractivity (Wildman–Crippen MR) is 43.2 cm³/mol. The van der Waals surface area contributed by atoms with Crippen LogP contribution >= 0.6 is 11.8 Å². The first-order chi connectivity index (χ1) is 4.59.